The van der Waals surface area contributed by atoms with E-state index in [-0.39, 0.29) is 5.92 Å². The van der Waals surface area contributed by atoms with Crippen LogP contribution in [0.5, 0.6) is 11.5 Å². The first-order chi connectivity index (χ1) is 13.1. The predicted molar refractivity (Wildman–Crippen MR) is 103 cm³/mol. The number of ether oxygens (including phenoxy) is 2. The van der Waals surface area contributed by atoms with Crippen LogP contribution in [-0.2, 0) is 4.79 Å². The molecule has 2 aromatic rings. The summed E-state index contributed by atoms with van der Waals surface area (Å²) in [6.07, 6.45) is 3.25. The van der Waals surface area contributed by atoms with Crippen LogP contribution in [0.3, 0.4) is 0 Å². The Balaban J connectivity index is 1.54. The second kappa shape index (κ2) is 7.09. The third-order valence-electron chi connectivity index (χ3n) is 5.55. The van der Waals surface area contributed by atoms with Gasteiger partial charge in [0, 0.05) is 43.5 Å². The third kappa shape index (κ3) is 3.20. The lowest BCUT2D eigenvalue weighted by Crippen LogP contribution is -2.51. The molecule has 144 valence electrons. The minimum absolute atomic E-state index is 0.242. The highest BCUT2D eigenvalue weighted by molar-refractivity contribution is 5.91. The van der Waals surface area contributed by atoms with Crippen LogP contribution >= 0.6 is 0 Å². The number of amides is 1. The lowest BCUT2D eigenvalue weighted by atomic mass is 9.84. The van der Waals surface area contributed by atoms with Crippen molar-refractivity contribution < 1.29 is 14.3 Å². The van der Waals surface area contributed by atoms with Gasteiger partial charge in [-0.1, -0.05) is 6.42 Å². The van der Waals surface area contributed by atoms with Gasteiger partial charge in [-0.3, -0.25) is 4.79 Å². The summed E-state index contributed by atoms with van der Waals surface area (Å²) in [5.41, 5.74) is 6.89. The second-order valence-corrected chi connectivity index (χ2v) is 7.07. The van der Waals surface area contributed by atoms with Gasteiger partial charge in [0.2, 0.25) is 11.9 Å². The summed E-state index contributed by atoms with van der Waals surface area (Å²) in [7, 11) is 3.17. The van der Waals surface area contributed by atoms with E-state index >= 15 is 0 Å². The molecule has 1 aliphatic heterocycles. The summed E-state index contributed by atoms with van der Waals surface area (Å²) in [4.78, 5) is 25.6. The van der Waals surface area contributed by atoms with E-state index in [0.29, 0.717) is 60.9 Å². The number of anilines is 2. The van der Waals surface area contributed by atoms with Crippen LogP contribution in [0.4, 0.5) is 11.8 Å². The molecule has 1 saturated carbocycles. The zero-order chi connectivity index (χ0) is 19.0. The zero-order valence-corrected chi connectivity index (χ0v) is 15.8. The fourth-order valence-corrected chi connectivity index (χ4v) is 3.65. The summed E-state index contributed by atoms with van der Waals surface area (Å²) in [5.74, 6) is 2.73. The van der Waals surface area contributed by atoms with Gasteiger partial charge in [-0.05, 0) is 18.9 Å². The third-order valence-corrected chi connectivity index (χ3v) is 5.55. The van der Waals surface area contributed by atoms with Gasteiger partial charge in [0.25, 0.3) is 0 Å². The quantitative estimate of drug-likeness (QED) is 0.874. The van der Waals surface area contributed by atoms with Crippen molar-refractivity contribution in [2.75, 3.05) is 51.0 Å². The first-order valence-corrected chi connectivity index (χ1v) is 9.33. The van der Waals surface area contributed by atoms with E-state index in [1.54, 1.807) is 20.3 Å². The molecule has 1 saturated heterocycles. The van der Waals surface area contributed by atoms with Gasteiger partial charge in [-0.2, -0.15) is 4.98 Å². The number of nitrogens with zero attached hydrogens (tertiary/aromatic N) is 4. The molecule has 2 fully saturated rings. The Labute approximate surface area is 158 Å². The number of nitrogen functional groups attached to an aromatic ring is 1. The standard InChI is InChI=1S/C19H25N5O3/c1-26-15-10-13-14(11-16(15)27-2)21-19(22-17(13)20)24-8-6-23(7-9-24)18(25)12-4-3-5-12/h10-12H,3-9H2,1-2H3,(H2,20,21,22). The topological polar surface area (TPSA) is 93.8 Å². The van der Waals surface area contributed by atoms with Gasteiger partial charge in [0.1, 0.15) is 5.82 Å². The molecular weight excluding hydrogens is 346 g/mol. The smallest absolute Gasteiger partial charge is 0.228 e. The van der Waals surface area contributed by atoms with E-state index < -0.39 is 0 Å². The second-order valence-electron chi connectivity index (χ2n) is 7.07. The number of piperazine rings is 1. The molecule has 1 aromatic carbocycles. The lowest BCUT2D eigenvalue weighted by molar-refractivity contribution is -0.138. The number of hydrogen-bond acceptors (Lipinski definition) is 7. The van der Waals surface area contributed by atoms with Crippen molar-refractivity contribution in [2.45, 2.75) is 19.3 Å². The van der Waals surface area contributed by atoms with Crippen LogP contribution in [0.15, 0.2) is 12.1 Å². The van der Waals surface area contributed by atoms with Gasteiger partial charge < -0.3 is 25.0 Å². The average molecular weight is 371 g/mol. The molecule has 0 atom stereocenters. The molecular formula is C19H25N5O3. The molecule has 2 aliphatic rings. The summed E-state index contributed by atoms with van der Waals surface area (Å²) in [6.45, 7) is 2.80. The summed E-state index contributed by atoms with van der Waals surface area (Å²) in [5, 5.41) is 0.732. The molecule has 1 amide bonds. The Morgan fingerprint density at radius 1 is 1.07 bits per heavy atom. The van der Waals surface area contributed by atoms with Crippen LogP contribution in [0.25, 0.3) is 10.9 Å². The van der Waals surface area contributed by atoms with Gasteiger partial charge in [-0.25, -0.2) is 4.98 Å². The number of rotatable bonds is 4. The summed E-state index contributed by atoms with van der Waals surface area (Å²) in [6, 6.07) is 3.61. The number of methoxy groups -OCH3 is 2. The average Bonchev–Trinajstić information content (AvgIpc) is 2.65. The number of nitrogens with two attached hydrogens (primary N) is 1. The number of hydrogen-bond donors (Lipinski definition) is 1. The number of carbonyl (C=O) groups excluding carboxylic acids is 1. The number of carbonyl (C=O) groups is 1. The lowest BCUT2D eigenvalue weighted by Gasteiger charge is -2.38. The van der Waals surface area contributed by atoms with Crippen molar-refractivity contribution in [3.63, 3.8) is 0 Å². The van der Waals surface area contributed by atoms with Crippen LogP contribution in [0, 0.1) is 5.92 Å². The number of benzene rings is 1. The van der Waals surface area contributed by atoms with Crippen molar-refractivity contribution in [3.05, 3.63) is 12.1 Å². The van der Waals surface area contributed by atoms with Gasteiger partial charge in [-0.15, -0.1) is 0 Å². The van der Waals surface area contributed by atoms with Crippen LogP contribution in [0.1, 0.15) is 19.3 Å². The molecule has 0 radical (unpaired) electrons. The van der Waals surface area contributed by atoms with Crippen molar-refractivity contribution >= 4 is 28.6 Å². The van der Waals surface area contributed by atoms with E-state index in [1.807, 2.05) is 11.0 Å². The molecule has 4 rings (SSSR count). The van der Waals surface area contributed by atoms with Crippen molar-refractivity contribution in [2.24, 2.45) is 5.92 Å². The minimum Gasteiger partial charge on any atom is -0.493 e. The number of aromatic nitrogens is 2. The molecule has 0 unspecified atom stereocenters. The Morgan fingerprint density at radius 2 is 1.74 bits per heavy atom. The van der Waals surface area contributed by atoms with E-state index in [2.05, 4.69) is 14.9 Å². The molecule has 1 aliphatic carbocycles. The van der Waals surface area contributed by atoms with E-state index in [4.69, 9.17) is 15.2 Å². The van der Waals surface area contributed by atoms with Gasteiger partial charge in [0.15, 0.2) is 11.5 Å². The maximum Gasteiger partial charge on any atom is 0.228 e. The Morgan fingerprint density at radius 3 is 2.33 bits per heavy atom. The van der Waals surface area contributed by atoms with Crippen molar-refractivity contribution in [1.82, 2.24) is 14.9 Å². The van der Waals surface area contributed by atoms with Gasteiger partial charge >= 0.3 is 0 Å². The van der Waals surface area contributed by atoms with Crippen molar-refractivity contribution in [3.8, 4) is 11.5 Å². The molecule has 1 aromatic heterocycles. The van der Waals surface area contributed by atoms with Gasteiger partial charge in [0.05, 0.1) is 19.7 Å². The van der Waals surface area contributed by atoms with Crippen LogP contribution in [0.2, 0.25) is 0 Å². The predicted octanol–water partition coefficient (Wildman–Crippen LogP) is 1.68. The first-order valence-electron chi connectivity index (χ1n) is 9.33. The highest BCUT2D eigenvalue weighted by Gasteiger charge is 2.31. The Kier molecular flexibility index (Phi) is 4.63. The van der Waals surface area contributed by atoms with E-state index in [0.717, 1.165) is 18.2 Å². The Bertz CT molecular complexity index is 860. The maximum absolute atomic E-state index is 12.4. The molecule has 27 heavy (non-hydrogen) atoms. The van der Waals surface area contributed by atoms with E-state index in [1.165, 1.54) is 6.42 Å². The normalized spacial score (nSPS) is 17.7. The monoisotopic (exact) mass is 371 g/mol. The van der Waals surface area contributed by atoms with Crippen molar-refractivity contribution in [1.29, 1.82) is 0 Å². The minimum atomic E-state index is 0.242. The fourth-order valence-electron chi connectivity index (χ4n) is 3.65. The molecule has 8 nitrogen and oxygen atoms in total. The van der Waals surface area contributed by atoms with E-state index in [9.17, 15) is 4.79 Å². The highest BCUT2D eigenvalue weighted by Crippen LogP contribution is 2.34. The first kappa shape index (κ1) is 17.6. The summed E-state index contributed by atoms with van der Waals surface area (Å²) < 4.78 is 10.7. The SMILES string of the molecule is COc1cc2nc(N3CCN(C(=O)C4CCC4)CC3)nc(N)c2cc1OC. The van der Waals surface area contributed by atoms with Crippen LogP contribution < -0.4 is 20.1 Å². The highest BCUT2D eigenvalue weighted by atomic mass is 16.5. The van der Waals surface area contributed by atoms with Crippen LogP contribution in [-0.4, -0.2) is 61.2 Å². The number of fused-ring (bicyclic) bond motifs is 1. The molecule has 2 heterocycles. The molecule has 0 spiro atoms. The zero-order valence-electron chi connectivity index (χ0n) is 15.8. The largest absolute Gasteiger partial charge is 0.493 e. The molecule has 2 N–H and O–H groups in total. The molecule has 0 bridgehead atoms. The molecule has 8 heteroatoms. The fraction of sp³-hybridized carbons (Fsp3) is 0.526. The Hall–Kier alpha value is -2.77. The summed E-state index contributed by atoms with van der Waals surface area (Å²) >= 11 is 0. The maximum atomic E-state index is 12.4.